The van der Waals surface area contributed by atoms with Crippen LogP contribution in [0.3, 0.4) is 0 Å². The van der Waals surface area contributed by atoms with Gasteiger partial charge in [-0.2, -0.15) is 0 Å². The number of thioether (sulfide) groups is 1. The average molecular weight is 410 g/mol. The highest BCUT2D eigenvalue weighted by Crippen LogP contribution is 2.41. The summed E-state index contributed by atoms with van der Waals surface area (Å²) in [7, 11) is 1.66. The van der Waals surface area contributed by atoms with Gasteiger partial charge in [0.1, 0.15) is 22.0 Å². The predicted molar refractivity (Wildman–Crippen MR) is 112 cm³/mol. The third kappa shape index (κ3) is 3.46. The molecule has 2 aliphatic rings. The molecule has 8 heteroatoms. The molecule has 0 unspecified atom stereocenters. The van der Waals surface area contributed by atoms with Gasteiger partial charge in [0.15, 0.2) is 5.65 Å². The minimum atomic E-state index is -0.414. The Labute approximate surface area is 171 Å². The Morgan fingerprint density at radius 2 is 2.00 bits per heavy atom. The van der Waals surface area contributed by atoms with Gasteiger partial charge in [0.25, 0.3) is 5.56 Å². The smallest absolute Gasteiger partial charge is 0.330 e. The number of H-pyrrole nitrogens is 1. The summed E-state index contributed by atoms with van der Waals surface area (Å²) in [5, 5.41) is 1.05. The summed E-state index contributed by atoms with van der Waals surface area (Å²) in [4.78, 5) is 37.1. The Balaban J connectivity index is 1.63. The van der Waals surface area contributed by atoms with E-state index in [4.69, 9.17) is 9.72 Å². The van der Waals surface area contributed by atoms with Crippen LogP contribution in [0.25, 0.3) is 11.0 Å². The van der Waals surface area contributed by atoms with Crippen LogP contribution in [0.15, 0.2) is 32.8 Å². The van der Waals surface area contributed by atoms with Gasteiger partial charge in [0.2, 0.25) is 0 Å². The van der Waals surface area contributed by atoms with Crippen molar-refractivity contribution in [2.24, 2.45) is 0 Å². The molecule has 150 valence electrons. The van der Waals surface area contributed by atoms with Crippen molar-refractivity contribution < 1.29 is 4.74 Å². The fourth-order valence-electron chi connectivity index (χ4n) is 3.60. The van der Waals surface area contributed by atoms with E-state index in [0.717, 1.165) is 48.4 Å². The SMILES string of the molecule is COc1ccc(C)cc1CSc1nc(C2CC2)nc2c1c(=O)[nH]c(=O)n2C1CC1. The van der Waals surface area contributed by atoms with Crippen LogP contribution in [0.1, 0.15) is 54.6 Å². The van der Waals surface area contributed by atoms with Gasteiger partial charge in [-0.3, -0.25) is 14.3 Å². The van der Waals surface area contributed by atoms with Crippen molar-refractivity contribution in [3.8, 4) is 5.75 Å². The molecule has 0 aliphatic heterocycles. The minimum absolute atomic E-state index is 0.124. The first-order valence-corrected chi connectivity index (χ1v) is 10.9. The second-order valence-corrected chi connectivity index (χ2v) is 8.79. The van der Waals surface area contributed by atoms with Gasteiger partial charge in [-0.1, -0.05) is 17.7 Å². The van der Waals surface area contributed by atoms with Crippen molar-refractivity contribution >= 4 is 22.8 Å². The van der Waals surface area contributed by atoms with Crippen LogP contribution >= 0.6 is 11.8 Å². The molecule has 29 heavy (non-hydrogen) atoms. The van der Waals surface area contributed by atoms with Crippen molar-refractivity contribution in [2.45, 2.75) is 55.3 Å². The van der Waals surface area contributed by atoms with E-state index in [0.29, 0.717) is 27.7 Å². The third-order valence-electron chi connectivity index (χ3n) is 5.42. The summed E-state index contributed by atoms with van der Waals surface area (Å²) in [6, 6.07) is 6.17. The van der Waals surface area contributed by atoms with E-state index in [1.54, 1.807) is 11.7 Å². The van der Waals surface area contributed by atoms with E-state index in [1.165, 1.54) is 11.8 Å². The minimum Gasteiger partial charge on any atom is -0.496 e. The molecule has 2 aromatic heterocycles. The molecule has 2 aliphatic carbocycles. The summed E-state index contributed by atoms with van der Waals surface area (Å²) in [5.74, 6) is 2.50. The van der Waals surface area contributed by atoms with Gasteiger partial charge in [-0.05, 0) is 38.7 Å². The molecule has 2 fully saturated rings. The lowest BCUT2D eigenvalue weighted by atomic mass is 10.1. The number of nitrogens with zero attached hydrogens (tertiary/aromatic N) is 3. The number of nitrogens with one attached hydrogen (secondary N) is 1. The van der Waals surface area contributed by atoms with E-state index in [2.05, 4.69) is 16.0 Å². The molecule has 2 heterocycles. The molecular formula is C21H22N4O3S. The molecule has 2 saturated carbocycles. The molecule has 0 atom stereocenters. The molecule has 0 bridgehead atoms. The van der Waals surface area contributed by atoms with Crippen molar-refractivity contribution in [2.75, 3.05) is 7.11 Å². The maximum absolute atomic E-state index is 12.7. The highest BCUT2D eigenvalue weighted by molar-refractivity contribution is 7.98. The monoisotopic (exact) mass is 410 g/mol. The van der Waals surface area contributed by atoms with Crippen LogP contribution in [0.4, 0.5) is 0 Å². The number of benzene rings is 1. The first-order valence-electron chi connectivity index (χ1n) is 9.88. The van der Waals surface area contributed by atoms with Crippen LogP contribution in [-0.4, -0.2) is 26.6 Å². The number of fused-ring (bicyclic) bond motifs is 1. The fourth-order valence-corrected chi connectivity index (χ4v) is 4.60. The lowest BCUT2D eigenvalue weighted by Gasteiger charge is -2.13. The molecule has 1 aromatic carbocycles. The van der Waals surface area contributed by atoms with E-state index < -0.39 is 5.56 Å². The number of aryl methyl sites for hydroxylation is 1. The second kappa shape index (κ2) is 7.02. The molecule has 0 radical (unpaired) electrons. The van der Waals surface area contributed by atoms with Gasteiger partial charge in [0, 0.05) is 23.3 Å². The number of aromatic amines is 1. The van der Waals surface area contributed by atoms with Crippen LogP contribution in [0.2, 0.25) is 0 Å². The Hall–Kier alpha value is -2.61. The molecule has 0 spiro atoms. The van der Waals surface area contributed by atoms with Crippen LogP contribution in [-0.2, 0) is 5.75 Å². The number of rotatable bonds is 6. The molecule has 5 rings (SSSR count). The Morgan fingerprint density at radius 3 is 2.69 bits per heavy atom. The van der Waals surface area contributed by atoms with Gasteiger partial charge in [-0.15, -0.1) is 11.8 Å². The number of hydrogen-bond donors (Lipinski definition) is 1. The molecule has 3 aromatic rings. The molecule has 0 saturated heterocycles. The number of aromatic nitrogens is 4. The van der Waals surface area contributed by atoms with E-state index >= 15 is 0 Å². The van der Waals surface area contributed by atoms with Gasteiger partial charge in [-0.25, -0.2) is 14.8 Å². The summed E-state index contributed by atoms with van der Waals surface area (Å²) >= 11 is 1.49. The Morgan fingerprint density at radius 1 is 1.21 bits per heavy atom. The number of ether oxygens (including phenoxy) is 1. The molecular weight excluding hydrogens is 388 g/mol. The zero-order valence-electron chi connectivity index (χ0n) is 16.4. The van der Waals surface area contributed by atoms with Gasteiger partial charge < -0.3 is 4.74 Å². The number of hydrogen-bond acceptors (Lipinski definition) is 6. The van der Waals surface area contributed by atoms with Crippen molar-refractivity contribution in [3.05, 3.63) is 56.0 Å². The highest BCUT2D eigenvalue weighted by Gasteiger charge is 2.32. The van der Waals surface area contributed by atoms with E-state index in [9.17, 15) is 9.59 Å². The zero-order chi connectivity index (χ0) is 20.1. The highest BCUT2D eigenvalue weighted by atomic mass is 32.2. The first kappa shape index (κ1) is 18.4. The molecule has 1 N–H and O–H groups in total. The lowest BCUT2D eigenvalue weighted by molar-refractivity contribution is 0.411. The van der Waals surface area contributed by atoms with E-state index in [1.807, 2.05) is 19.1 Å². The van der Waals surface area contributed by atoms with Crippen molar-refractivity contribution in [3.63, 3.8) is 0 Å². The fraction of sp³-hybridized carbons (Fsp3) is 0.429. The summed E-state index contributed by atoms with van der Waals surface area (Å²) in [5.41, 5.74) is 1.89. The third-order valence-corrected chi connectivity index (χ3v) is 6.45. The molecule has 7 nitrogen and oxygen atoms in total. The number of methoxy groups -OCH3 is 1. The van der Waals surface area contributed by atoms with Crippen LogP contribution in [0.5, 0.6) is 5.75 Å². The average Bonchev–Trinajstić information content (AvgIpc) is 3.59. The van der Waals surface area contributed by atoms with E-state index in [-0.39, 0.29) is 11.7 Å². The Kier molecular flexibility index (Phi) is 4.46. The zero-order valence-corrected chi connectivity index (χ0v) is 17.2. The predicted octanol–water partition coefficient (Wildman–Crippen LogP) is 3.30. The van der Waals surface area contributed by atoms with Gasteiger partial charge >= 0.3 is 5.69 Å². The largest absolute Gasteiger partial charge is 0.496 e. The van der Waals surface area contributed by atoms with Crippen LogP contribution in [0, 0.1) is 6.92 Å². The summed E-state index contributed by atoms with van der Waals surface area (Å²) in [6.45, 7) is 2.04. The van der Waals surface area contributed by atoms with Crippen molar-refractivity contribution in [1.82, 2.24) is 19.5 Å². The van der Waals surface area contributed by atoms with Crippen molar-refractivity contribution in [1.29, 1.82) is 0 Å². The maximum atomic E-state index is 12.7. The first-order chi connectivity index (χ1) is 14.0. The standard InChI is InChI=1S/C21H22N4O3S/c1-11-3-8-15(28-2)13(9-11)10-29-20-16-18(22-17(23-20)12-4-5-12)25(14-6-7-14)21(27)24-19(16)26/h3,8-9,12,14H,4-7,10H2,1-2H3,(H,24,26,27). The normalized spacial score (nSPS) is 16.3. The van der Waals surface area contributed by atoms with Gasteiger partial charge in [0.05, 0.1) is 7.11 Å². The quantitative estimate of drug-likeness (QED) is 0.495. The summed E-state index contributed by atoms with van der Waals surface area (Å²) < 4.78 is 7.14. The molecule has 0 amide bonds. The summed E-state index contributed by atoms with van der Waals surface area (Å²) in [6.07, 6.45) is 3.98. The maximum Gasteiger partial charge on any atom is 0.330 e. The topological polar surface area (TPSA) is 89.9 Å². The lowest BCUT2D eigenvalue weighted by Crippen LogP contribution is -2.31. The second-order valence-electron chi connectivity index (χ2n) is 7.82. The Bertz CT molecular complexity index is 1230. The van der Waals surface area contributed by atoms with Crippen LogP contribution < -0.4 is 16.0 Å².